The SMILES string of the molecule is NC(=O)[C@@H]1CCCN1C(=O)C(=O)O. The molecule has 1 rings (SSSR count). The molecule has 3 N–H and O–H groups in total. The number of carbonyl (C=O) groups is 3. The van der Waals surface area contributed by atoms with Crippen molar-refractivity contribution in [2.24, 2.45) is 5.73 Å². The van der Waals surface area contributed by atoms with Crippen LogP contribution in [-0.4, -0.2) is 40.4 Å². The number of nitrogens with two attached hydrogens (primary N) is 1. The van der Waals surface area contributed by atoms with E-state index in [0.29, 0.717) is 19.4 Å². The van der Waals surface area contributed by atoms with Gasteiger partial charge in [0.25, 0.3) is 0 Å². The number of aliphatic carboxylic acids is 1. The van der Waals surface area contributed by atoms with Crippen LogP contribution < -0.4 is 5.73 Å². The zero-order chi connectivity index (χ0) is 10.0. The highest BCUT2D eigenvalue weighted by molar-refractivity contribution is 6.31. The van der Waals surface area contributed by atoms with E-state index in [1.54, 1.807) is 0 Å². The van der Waals surface area contributed by atoms with E-state index in [2.05, 4.69) is 0 Å². The quantitative estimate of drug-likeness (QED) is 0.489. The van der Waals surface area contributed by atoms with Crippen LogP contribution in [0.25, 0.3) is 0 Å². The van der Waals surface area contributed by atoms with Crippen LogP contribution in [0.3, 0.4) is 0 Å². The molecule has 1 saturated heterocycles. The van der Waals surface area contributed by atoms with E-state index in [-0.39, 0.29) is 0 Å². The summed E-state index contributed by atoms with van der Waals surface area (Å²) in [7, 11) is 0. The molecule has 0 aliphatic carbocycles. The van der Waals surface area contributed by atoms with E-state index in [1.807, 2.05) is 0 Å². The highest BCUT2D eigenvalue weighted by atomic mass is 16.4. The molecule has 13 heavy (non-hydrogen) atoms. The summed E-state index contributed by atoms with van der Waals surface area (Å²) in [6.45, 7) is 0.290. The number of likely N-dealkylation sites (tertiary alicyclic amines) is 1. The van der Waals surface area contributed by atoms with Gasteiger partial charge in [-0.3, -0.25) is 9.59 Å². The van der Waals surface area contributed by atoms with Gasteiger partial charge in [0.05, 0.1) is 0 Å². The Morgan fingerprint density at radius 2 is 2.00 bits per heavy atom. The standard InChI is InChI=1S/C7H10N2O4/c8-5(10)4-2-1-3-9(4)6(11)7(12)13/h4H,1-3H2,(H2,8,10)(H,12,13)/t4-/m0/s1. The first-order valence-corrected chi connectivity index (χ1v) is 3.87. The average molecular weight is 186 g/mol. The van der Waals surface area contributed by atoms with Gasteiger partial charge in [-0.25, -0.2) is 4.79 Å². The summed E-state index contributed by atoms with van der Waals surface area (Å²) in [6.07, 6.45) is 1.07. The van der Waals surface area contributed by atoms with Crippen LogP contribution in [0.2, 0.25) is 0 Å². The van der Waals surface area contributed by atoms with Gasteiger partial charge in [0.1, 0.15) is 6.04 Å². The number of carboxylic acids is 1. The van der Waals surface area contributed by atoms with Crippen LogP contribution in [0.15, 0.2) is 0 Å². The fraction of sp³-hybridized carbons (Fsp3) is 0.571. The first-order chi connectivity index (χ1) is 6.04. The zero-order valence-corrected chi connectivity index (χ0v) is 6.90. The lowest BCUT2D eigenvalue weighted by molar-refractivity contribution is -0.157. The van der Waals surface area contributed by atoms with E-state index in [4.69, 9.17) is 10.8 Å². The molecule has 2 amide bonds. The summed E-state index contributed by atoms with van der Waals surface area (Å²) in [5.41, 5.74) is 5.00. The maximum Gasteiger partial charge on any atom is 0.394 e. The summed E-state index contributed by atoms with van der Waals surface area (Å²) >= 11 is 0. The van der Waals surface area contributed by atoms with Gasteiger partial charge >= 0.3 is 11.9 Å². The van der Waals surface area contributed by atoms with Gasteiger partial charge in [-0.2, -0.15) is 0 Å². The Kier molecular flexibility index (Phi) is 2.50. The smallest absolute Gasteiger partial charge is 0.394 e. The summed E-state index contributed by atoms with van der Waals surface area (Å²) < 4.78 is 0. The molecule has 6 nitrogen and oxygen atoms in total. The first kappa shape index (κ1) is 9.50. The van der Waals surface area contributed by atoms with Crippen LogP contribution in [0.4, 0.5) is 0 Å². The van der Waals surface area contributed by atoms with E-state index >= 15 is 0 Å². The number of carbonyl (C=O) groups excluding carboxylic acids is 2. The normalized spacial score (nSPS) is 21.5. The zero-order valence-electron chi connectivity index (χ0n) is 6.90. The molecule has 0 aromatic heterocycles. The molecular weight excluding hydrogens is 176 g/mol. The Labute approximate surface area is 74.3 Å². The second-order valence-corrected chi connectivity index (χ2v) is 2.86. The second-order valence-electron chi connectivity index (χ2n) is 2.86. The van der Waals surface area contributed by atoms with Crippen LogP contribution in [0.5, 0.6) is 0 Å². The van der Waals surface area contributed by atoms with E-state index in [9.17, 15) is 14.4 Å². The number of hydrogen-bond donors (Lipinski definition) is 2. The third kappa shape index (κ3) is 1.77. The molecule has 0 radical (unpaired) electrons. The van der Waals surface area contributed by atoms with Crippen LogP contribution in [0, 0.1) is 0 Å². The van der Waals surface area contributed by atoms with E-state index < -0.39 is 23.8 Å². The van der Waals surface area contributed by atoms with Crippen LogP contribution >= 0.6 is 0 Å². The van der Waals surface area contributed by atoms with Crippen molar-refractivity contribution >= 4 is 17.8 Å². The van der Waals surface area contributed by atoms with Crippen LogP contribution in [0.1, 0.15) is 12.8 Å². The Morgan fingerprint density at radius 1 is 1.38 bits per heavy atom. The minimum absolute atomic E-state index is 0.290. The molecule has 1 aliphatic heterocycles. The lowest BCUT2D eigenvalue weighted by Gasteiger charge is -2.19. The predicted octanol–water partition coefficient (Wildman–Crippen LogP) is -1.45. The van der Waals surface area contributed by atoms with Crippen molar-refractivity contribution in [1.29, 1.82) is 0 Å². The highest BCUT2D eigenvalue weighted by Gasteiger charge is 2.35. The molecule has 0 unspecified atom stereocenters. The molecule has 0 saturated carbocycles. The molecule has 1 aliphatic rings. The Balaban J connectivity index is 2.74. The summed E-state index contributed by atoms with van der Waals surface area (Å²) in [6, 6.07) is -0.747. The van der Waals surface area contributed by atoms with Crippen molar-refractivity contribution in [3.05, 3.63) is 0 Å². The Hall–Kier alpha value is -1.59. The van der Waals surface area contributed by atoms with Crippen molar-refractivity contribution in [2.45, 2.75) is 18.9 Å². The molecule has 0 aromatic rings. The van der Waals surface area contributed by atoms with Gasteiger partial charge in [0, 0.05) is 6.54 Å². The van der Waals surface area contributed by atoms with Crippen molar-refractivity contribution in [1.82, 2.24) is 4.90 Å². The van der Waals surface area contributed by atoms with Gasteiger partial charge in [-0.05, 0) is 12.8 Å². The minimum Gasteiger partial charge on any atom is -0.474 e. The maximum atomic E-state index is 11.0. The van der Waals surface area contributed by atoms with Gasteiger partial charge in [-0.1, -0.05) is 0 Å². The minimum atomic E-state index is -1.55. The number of carboxylic acid groups (broad SMARTS) is 1. The van der Waals surface area contributed by atoms with Crippen molar-refractivity contribution in [2.75, 3.05) is 6.54 Å². The number of nitrogens with zero attached hydrogens (tertiary/aromatic N) is 1. The highest BCUT2D eigenvalue weighted by Crippen LogP contribution is 2.16. The van der Waals surface area contributed by atoms with Crippen molar-refractivity contribution < 1.29 is 19.5 Å². The fourth-order valence-corrected chi connectivity index (χ4v) is 1.43. The lowest BCUT2D eigenvalue weighted by Crippen LogP contribution is -2.46. The van der Waals surface area contributed by atoms with Crippen molar-refractivity contribution in [3.63, 3.8) is 0 Å². The topological polar surface area (TPSA) is 101 Å². The van der Waals surface area contributed by atoms with Gasteiger partial charge < -0.3 is 15.7 Å². The molecule has 0 bridgehead atoms. The predicted molar refractivity (Wildman–Crippen MR) is 41.6 cm³/mol. The maximum absolute atomic E-state index is 11.0. The molecular formula is C7H10N2O4. The summed E-state index contributed by atoms with van der Waals surface area (Å²) in [4.78, 5) is 33.1. The fourth-order valence-electron chi connectivity index (χ4n) is 1.43. The van der Waals surface area contributed by atoms with E-state index in [1.165, 1.54) is 0 Å². The molecule has 1 atom stereocenters. The lowest BCUT2D eigenvalue weighted by atomic mass is 10.2. The van der Waals surface area contributed by atoms with Crippen molar-refractivity contribution in [3.8, 4) is 0 Å². The molecule has 0 spiro atoms. The molecule has 1 fully saturated rings. The molecule has 72 valence electrons. The second kappa shape index (κ2) is 3.42. The van der Waals surface area contributed by atoms with Gasteiger partial charge in [0.15, 0.2) is 0 Å². The van der Waals surface area contributed by atoms with E-state index in [0.717, 1.165) is 4.90 Å². The Bertz CT molecular complexity index is 263. The third-order valence-electron chi connectivity index (χ3n) is 2.03. The number of rotatable bonds is 1. The van der Waals surface area contributed by atoms with Gasteiger partial charge in [-0.15, -0.1) is 0 Å². The average Bonchev–Trinajstić information content (AvgIpc) is 2.50. The first-order valence-electron chi connectivity index (χ1n) is 3.87. The number of primary amides is 1. The monoisotopic (exact) mass is 186 g/mol. The molecule has 6 heteroatoms. The summed E-state index contributed by atoms with van der Waals surface area (Å²) in [5.74, 6) is -3.25. The number of amides is 2. The van der Waals surface area contributed by atoms with Gasteiger partial charge in [0.2, 0.25) is 5.91 Å². The van der Waals surface area contributed by atoms with Crippen LogP contribution in [-0.2, 0) is 14.4 Å². The summed E-state index contributed by atoms with van der Waals surface area (Å²) in [5, 5.41) is 8.40. The third-order valence-corrected chi connectivity index (χ3v) is 2.03. The molecule has 1 heterocycles. The Morgan fingerprint density at radius 3 is 2.46 bits per heavy atom. The largest absolute Gasteiger partial charge is 0.474 e. The molecule has 0 aromatic carbocycles. The number of hydrogen-bond acceptors (Lipinski definition) is 3.